The average Bonchev–Trinajstić information content (AvgIpc) is 2.35. The van der Waals surface area contributed by atoms with E-state index in [4.69, 9.17) is 4.74 Å². The van der Waals surface area contributed by atoms with Crippen molar-refractivity contribution < 1.29 is 14.6 Å². The topological polar surface area (TPSA) is 46.5 Å². The number of halogens is 1. The molecule has 0 fully saturated rings. The number of benzene rings is 2. The van der Waals surface area contributed by atoms with E-state index in [1.54, 1.807) is 12.1 Å². The Balaban J connectivity index is 2.25. The number of para-hydroxylation sites is 1. The molecule has 0 saturated heterocycles. The fourth-order valence-corrected chi connectivity index (χ4v) is 2.61. The zero-order chi connectivity index (χ0) is 14.7. The van der Waals surface area contributed by atoms with Crippen LogP contribution in [0.15, 0.2) is 40.9 Å². The molecule has 0 unspecified atom stereocenters. The fourth-order valence-electron chi connectivity index (χ4n) is 2.13. The van der Waals surface area contributed by atoms with Crippen LogP contribution in [-0.4, -0.2) is 11.1 Å². The van der Waals surface area contributed by atoms with E-state index in [0.29, 0.717) is 16.8 Å². The first kappa shape index (κ1) is 14.6. The number of carboxylic acid groups (broad SMARTS) is 1. The van der Waals surface area contributed by atoms with E-state index in [-0.39, 0.29) is 5.56 Å². The van der Waals surface area contributed by atoms with E-state index in [0.717, 1.165) is 16.7 Å². The Morgan fingerprint density at radius 3 is 2.45 bits per heavy atom. The molecule has 0 bridgehead atoms. The molecule has 1 N–H and O–H groups in total. The van der Waals surface area contributed by atoms with E-state index in [1.807, 2.05) is 26.0 Å². The van der Waals surface area contributed by atoms with Crippen LogP contribution in [0.4, 0.5) is 0 Å². The predicted molar refractivity (Wildman–Crippen MR) is 81.3 cm³/mol. The second-order valence-corrected chi connectivity index (χ2v) is 5.56. The third-order valence-electron chi connectivity index (χ3n) is 2.86. The summed E-state index contributed by atoms with van der Waals surface area (Å²) in [6.07, 6.45) is 0. The van der Waals surface area contributed by atoms with Gasteiger partial charge in [0.05, 0.1) is 4.47 Å². The van der Waals surface area contributed by atoms with Crippen molar-refractivity contribution >= 4 is 21.9 Å². The van der Waals surface area contributed by atoms with Gasteiger partial charge in [0.1, 0.15) is 17.9 Å². The van der Waals surface area contributed by atoms with Gasteiger partial charge in [-0.05, 0) is 47.5 Å². The normalized spacial score (nSPS) is 10.3. The van der Waals surface area contributed by atoms with Gasteiger partial charge in [0.25, 0.3) is 0 Å². The average molecular weight is 335 g/mol. The van der Waals surface area contributed by atoms with Crippen LogP contribution in [0.2, 0.25) is 0 Å². The van der Waals surface area contributed by atoms with Crippen LogP contribution >= 0.6 is 15.9 Å². The highest BCUT2D eigenvalue weighted by Gasteiger charge is 2.14. The summed E-state index contributed by atoms with van der Waals surface area (Å²) < 4.78 is 6.34. The van der Waals surface area contributed by atoms with Gasteiger partial charge in [-0.25, -0.2) is 4.79 Å². The highest BCUT2D eigenvalue weighted by molar-refractivity contribution is 9.10. The summed E-state index contributed by atoms with van der Waals surface area (Å²) in [6.45, 7) is 4.39. The molecule has 0 radical (unpaired) electrons. The maximum atomic E-state index is 11.2. The Morgan fingerprint density at radius 2 is 1.85 bits per heavy atom. The zero-order valence-corrected chi connectivity index (χ0v) is 12.9. The van der Waals surface area contributed by atoms with Crippen molar-refractivity contribution in [3.8, 4) is 5.75 Å². The van der Waals surface area contributed by atoms with Crippen LogP contribution in [0.25, 0.3) is 0 Å². The van der Waals surface area contributed by atoms with Gasteiger partial charge in [0.2, 0.25) is 0 Å². The van der Waals surface area contributed by atoms with E-state index >= 15 is 0 Å². The highest BCUT2D eigenvalue weighted by atomic mass is 79.9. The lowest BCUT2D eigenvalue weighted by molar-refractivity contribution is 0.0691. The van der Waals surface area contributed by atoms with Gasteiger partial charge >= 0.3 is 5.97 Å². The van der Waals surface area contributed by atoms with Gasteiger partial charge in [-0.2, -0.15) is 0 Å². The minimum Gasteiger partial charge on any atom is -0.487 e. The molecule has 0 saturated carbocycles. The van der Waals surface area contributed by atoms with Gasteiger partial charge in [0, 0.05) is 0 Å². The molecule has 2 rings (SSSR count). The maximum absolute atomic E-state index is 11.2. The lowest BCUT2D eigenvalue weighted by atomic mass is 10.1. The van der Waals surface area contributed by atoms with Crippen molar-refractivity contribution in [2.45, 2.75) is 20.5 Å². The van der Waals surface area contributed by atoms with Crippen LogP contribution < -0.4 is 4.74 Å². The van der Waals surface area contributed by atoms with Crippen molar-refractivity contribution in [3.63, 3.8) is 0 Å². The summed E-state index contributed by atoms with van der Waals surface area (Å²) in [5.74, 6) is -0.638. The third-order valence-corrected chi connectivity index (χ3v) is 3.49. The molecule has 0 aromatic heterocycles. The van der Waals surface area contributed by atoms with Crippen molar-refractivity contribution in [2.75, 3.05) is 0 Å². The number of aromatic carboxylic acids is 1. The molecule has 4 heteroatoms. The van der Waals surface area contributed by atoms with Gasteiger partial charge < -0.3 is 9.84 Å². The van der Waals surface area contributed by atoms with Crippen LogP contribution in [0.1, 0.15) is 27.0 Å². The molecule has 2 aromatic rings. The van der Waals surface area contributed by atoms with Crippen LogP contribution in [-0.2, 0) is 6.61 Å². The Kier molecular flexibility index (Phi) is 4.45. The molecule has 0 atom stereocenters. The quantitative estimate of drug-likeness (QED) is 0.904. The first-order valence-electron chi connectivity index (χ1n) is 6.19. The highest BCUT2D eigenvalue weighted by Crippen LogP contribution is 2.30. The van der Waals surface area contributed by atoms with Gasteiger partial charge in [0.15, 0.2) is 0 Å². The summed E-state index contributed by atoms with van der Waals surface area (Å²) in [5.41, 5.74) is 3.50. The van der Waals surface area contributed by atoms with Crippen LogP contribution in [0.3, 0.4) is 0 Å². The number of ether oxygens (including phenoxy) is 1. The largest absolute Gasteiger partial charge is 0.487 e. The summed E-state index contributed by atoms with van der Waals surface area (Å²) in [6, 6.07) is 11.1. The number of hydrogen-bond donors (Lipinski definition) is 1. The number of aryl methyl sites for hydroxylation is 2. The summed E-state index contributed by atoms with van der Waals surface area (Å²) in [7, 11) is 0. The summed E-state index contributed by atoms with van der Waals surface area (Å²) in [5, 5.41) is 9.17. The van der Waals surface area contributed by atoms with Gasteiger partial charge in [-0.15, -0.1) is 0 Å². The number of carbonyl (C=O) groups is 1. The number of hydrogen-bond acceptors (Lipinski definition) is 2. The molecule has 0 spiro atoms. The van der Waals surface area contributed by atoms with Crippen molar-refractivity contribution in [1.29, 1.82) is 0 Å². The molecule has 3 nitrogen and oxygen atoms in total. The Hall–Kier alpha value is -1.81. The molecule has 2 aromatic carbocycles. The fraction of sp³-hybridized carbons (Fsp3) is 0.188. The SMILES string of the molecule is Cc1cc(C)cc(COc2c(Br)cccc2C(=O)O)c1. The number of rotatable bonds is 4. The minimum atomic E-state index is -0.998. The lowest BCUT2D eigenvalue weighted by Crippen LogP contribution is -2.04. The third kappa shape index (κ3) is 3.39. The molecule has 20 heavy (non-hydrogen) atoms. The molecule has 0 aliphatic heterocycles. The van der Waals surface area contributed by atoms with Crippen molar-refractivity contribution in [3.05, 3.63) is 63.1 Å². The molecular formula is C16H15BrO3. The smallest absolute Gasteiger partial charge is 0.339 e. The monoisotopic (exact) mass is 334 g/mol. The molecule has 0 aliphatic rings. The van der Waals surface area contributed by atoms with Crippen LogP contribution in [0.5, 0.6) is 5.75 Å². The van der Waals surface area contributed by atoms with Crippen molar-refractivity contribution in [2.24, 2.45) is 0 Å². The molecule has 104 valence electrons. The standard InChI is InChI=1S/C16H15BrO3/c1-10-6-11(2)8-12(7-10)9-20-15-13(16(18)19)4-3-5-14(15)17/h3-8H,9H2,1-2H3,(H,18,19). The van der Waals surface area contributed by atoms with E-state index in [1.165, 1.54) is 6.07 Å². The Morgan fingerprint density at radius 1 is 1.20 bits per heavy atom. The first-order chi connectivity index (χ1) is 9.47. The first-order valence-corrected chi connectivity index (χ1v) is 6.98. The lowest BCUT2D eigenvalue weighted by Gasteiger charge is -2.12. The summed E-state index contributed by atoms with van der Waals surface area (Å²) >= 11 is 3.33. The van der Waals surface area contributed by atoms with Gasteiger partial charge in [-0.3, -0.25) is 0 Å². The number of carboxylic acids is 1. The molecule has 0 amide bonds. The van der Waals surface area contributed by atoms with Gasteiger partial charge in [-0.1, -0.05) is 35.4 Å². The van der Waals surface area contributed by atoms with Crippen molar-refractivity contribution in [1.82, 2.24) is 0 Å². The second kappa shape index (κ2) is 6.09. The minimum absolute atomic E-state index is 0.156. The maximum Gasteiger partial charge on any atom is 0.339 e. The Labute approximate surface area is 126 Å². The second-order valence-electron chi connectivity index (χ2n) is 4.71. The van der Waals surface area contributed by atoms with Crippen LogP contribution in [0, 0.1) is 13.8 Å². The van der Waals surface area contributed by atoms with E-state index in [2.05, 4.69) is 22.0 Å². The van der Waals surface area contributed by atoms with E-state index in [9.17, 15) is 9.90 Å². The summed E-state index contributed by atoms with van der Waals surface area (Å²) in [4.78, 5) is 11.2. The molecule has 0 heterocycles. The molecule has 0 aliphatic carbocycles. The molecular weight excluding hydrogens is 320 g/mol. The predicted octanol–water partition coefficient (Wildman–Crippen LogP) is 4.34. The van der Waals surface area contributed by atoms with E-state index < -0.39 is 5.97 Å². The Bertz CT molecular complexity index is 630. The zero-order valence-electron chi connectivity index (χ0n) is 11.3.